The number of fused-ring (bicyclic) bond motifs is 1. The maximum atomic E-state index is 5.46. The van der Waals surface area contributed by atoms with Crippen molar-refractivity contribution >= 4 is 0 Å². The molecule has 0 saturated carbocycles. The van der Waals surface area contributed by atoms with Crippen LogP contribution in [0.4, 0.5) is 0 Å². The molecule has 1 saturated heterocycles. The minimum absolute atomic E-state index is 0.166. The van der Waals surface area contributed by atoms with Crippen molar-refractivity contribution in [3.05, 3.63) is 35.5 Å². The van der Waals surface area contributed by atoms with Crippen LogP contribution in [-0.4, -0.2) is 52.9 Å². The quantitative estimate of drug-likeness (QED) is 0.849. The van der Waals surface area contributed by atoms with Crippen LogP contribution in [0.25, 0.3) is 0 Å². The van der Waals surface area contributed by atoms with Gasteiger partial charge in [0.25, 0.3) is 0 Å². The van der Waals surface area contributed by atoms with E-state index in [1.807, 2.05) is 13.0 Å². The van der Waals surface area contributed by atoms with Crippen LogP contribution in [0, 0.1) is 6.92 Å². The van der Waals surface area contributed by atoms with E-state index in [1.165, 1.54) is 5.56 Å². The summed E-state index contributed by atoms with van der Waals surface area (Å²) in [6.07, 6.45) is 0. The Hall–Kier alpha value is -2.12. The van der Waals surface area contributed by atoms with E-state index in [4.69, 9.17) is 14.0 Å². The molecule has 7 nitrogen and oxygen atoms in total. The highest BCUT2D eigenvalue weighted by molar-refractivity contribution is 5.44. The van der Waals surface area contributed by atoms with Gasteiger partial charge in [0.1, 0.15) is 0 Å². The molecule has 2 aromatic rings. The Balaban J connectivity index is 1.33. The Morgan fingerprint density at radius 3 is 2.67 bits per heavy atom. The maximum absolute atomic E-state index is 5.46. The molecule has 0 aliphatic carbocycles. The van der Waals surface area contributed by atoms with Crippen LogP contribution < -0.4 is 9.47 Å². The summed E-state index contributed by atoms with van der Waals surface area (Å²) in [7, 11) is 0. The zero-order valence-corrected chi connectivity index (χ0v) is 14.1. The van der Waals surface area contributed by atoms with E-state index in [2.05, 4.69) is 39.0 Å². The Morgan fingerprint density at radius 1 is 1.12 bits per heavy atom. The van der Waals surface area contributed by atoms with Gasteiger partial charge in [-0.1, -0.05) is 11.2 Å². The molecule has 24 heavy (non-hydrogen) atoms. The van der Waals surface area contributed by atoms with E-state index in [-0.39, 0.29) is 6.04 Å². The number of ether oxygens (including phenoxy) is 2. The zero-order valence-electron chi connectivity index (χ0n) is 14.1. The fourth-order valence-corrected chi connectivity index (χ4v) is 3.25. The lowest BCUT2D eigenvalue weighted by atomic mass is 10.1. The molecule has 1 fully saturated rings. The molecule has 1 aromatic heterocycles. The maximum Gasteiger partial charge on any atom is 0.243 e. The van der Waals surface area contributed by atoms with Gasteiger partial charge < -0.3 is 14.0 Å². The second kappa shape index (κ2) is 6.41. The molecule has 0 radical (unpaired) electrons. The summed E-state index contributed by atoms with van der Waals surface area (Å²) in [5.41, 5.74) is 1.26. The third kappa shape index (κ3) is 3.09. The van der Waals surface area contributed by atoms with Gasteiger partial charge in [-0.15, -0.1) is 0 Å². The predicted molar refractivity (Wildman–Crippen MR) is 86.9 cm³/mol. The Labute approximate surface area is 141 Å². The highest BCUT2D eigenvalue weighted by Crippen LogP contribution is 2.33. The number of aryl methyl sites for hydroxylation is 1. The zero-order chi connectivity index (χ0) is 16.5. The van der Waals surface area contributed by atoms with Gasteiger partial charge in [0.05, 0.1) is 6.04 Å². The minimum atomic E-state index is 0.166. The van der Waals surface area contributed by atoms with Gasteiger partial charge in [-0.05, 0) is 31.5 Å². The van der Waals surface area contributed by atoms with Crippen molar-refractivity contribution in [2.75, 3.05) is 33.0 Å². The number of hydrogen-bond acceptors (Lipinski definition) is 7. The van der Waals surface area contributed by atoms with Crippen molar-refractivity contribution in [3.63, 3.8) is 0 Å². The first-order valence-electron chi connectivity index (χ1n) is 8.34. The SMILES string of the molecule is Cc1noc([C@H](C)N2CCN(Cc3ccc4c(c3)OCO4)CC2)n1. The van der Waals surface area contributed by atoms with Crippen LogP contribution in [0.15, 0.2) is 22.7 Å². The van der Waals surface area contributed by atoms with Gasteiger partial charge in [0.2, 0.25) is 12.7 Å². The summed E-state index contributed by atoms with van der Waals surface area (Å²) in [5, 5.41) is 3.89. The van der Waals surface area contributed by atoms with E-state index >= 15 is 0 Å². The number of aromatic nitrogens is 2. The second-order valence-electron chi connectivity index (χ2n) is 6.36. The molecule has 2 aliphatic rings. The Kier molecular flexibility index (Phi) is 4.12. The van der Waals surface area contributed by atoms with E-state index in [9.17, 15) is 0 Å². The molecule has 0 unspecified atom stereocenters. The third-order valence-electron chi connectivity index (χ3n) is 4.70. The third-order valence-corrected chi connectivity index (χ3v) is 4.70. The fourth-order valence-electron chi connectivity index (χ4n) is 3.25. The summed E-state index contributed by atoms with van der Waals surface area (Å²) in [6.45, 7) is 9.25. The topological polar surface area (TPSA) is 63.9 Å². The van der Waals surface area contributed by atoms with Gasteiger partial charge >= 0.3 is 0 Å². The van der Waals surface area contributed by atoms with Crippen LogP contribution in [0.5, 0.6) is 11.5 Å². The molecule has 1 atom stereocenters. The standard InChI is InChI=1S/C17H22N4O3/c1-12(17-18-13(2)19-24-17)21-7-5-20(6-8-21)10-14-3-4-15-16(9-14)23-11-22-15/h3-4,9,12H,5-8,10-11H2,1-2H3/t12-/m0/s1. The highest BCUT2D eigenvalue weighted by Gasteiger charge is 2.25. The first-order valence-corrected chi connectivity index (χ1v) is 8.34. The number of nitrogens with zero attached hydrogens (tertiary/aromatic N) is 4. The lowest BCUT2D eigenvalue weighted by molar-refractivity contribution is 0.0845. The molecule has 4 rings (SSSR count). The average Bonchev–Trinajstić information content (AvgIpc) is 3.23. The number of hydrogen-bond donors (Lipinski definition) is 0. The first-order chi connectivity index (χ1) is 11.7. The molecular formula is C17H22N4O3. The Bertz CT molecular complexity index is 710. The smallest absolute Gasteiger partial charge is 0.243 e. The summed E-state index contributed by atoms with van der Waals surface area (Å²) in [4.78, 5) is 9.20. The highest BCUT2D eigenvalue weighted by atomic mass is 16.7. The Morgan fingerprint density at radius 2 is 1.92 bits per heavy atom. The fraction of sp³-hybridized carbons (Fsp3) is 0.529. The van der Waals surface area contributed by atoms with Crippen molar-refractivity contribution in [1.82, 2.24) is 19.9 Å². The summed E-state index contributed by atoms with van der Waals surface area (Å²) < 4.78 is 16.1. The van der Waals surface area contributed by atoms with Crippen molar-refractivity contribution in [2.24, 2.45) is 0 Å². The minimum Gasteiger partial charge on any atom is -0.454 e. The van der Waals surface area contributed by atoms with Gasteiger partial charge in [-0.3, -0.25) is 9.80 Å². The number of benzene rings is 1. The van der Waals surface area contributed by atoms with Crippen molar-refractivity contribution in [2.45, 2.75) is 26.4 Å². The molecule has 0 bridgehead atoms. The van der Waals surface area contributed by atoms with Crippen molar-refractivity contribution in [3.8, 4) is 11.5 Å². The summed E-state index contributed by atoms with van der Waals surface area (Å²) in [6, 6.07) is 6.36. The van der Waals surface area contributed by atoms with Gasteiger partial charge in [0.15, 0.2) is 17.3 Å². The van der Waals surface area contributed by atoms with E-state index in [0.29, 0.717) is 18.5 Å². The van der Waals surface area contributed by atoms with Gasteiger partial charge in [-0.2, -0.15) is 4.98 Å². The van der Waals surface area contributed by atoms with E-state index < -0.39 is 0 Å². The molecule has 0 N–H and O–H groups in total. The predicted octanol–water partition coefficient (Wildman–Crippen LogP) is 1.99. The molecule has 7 heteroatoms. The number of rotatable bonds is 4. The lowest BCUT2D eigenvalue weighted by Gasteiger charge is -2.36. The largest absolute Gasteiger partial charge is 0.454 e. The molecule has 0 spiro atoms. The van der Waals surface area contributed by atoms with Crippen LogP contribution in [0.1, 0.15) is 30.2 Å². The first kappa shape index (κ1) is 15.4. The van der Waals surface area contributed by atoms with Crippen molar-refractivity contribution in [1.29, 1.82) is 0 Å². The molecule has 3 heterocycles. The molecular weight excluding hydrogens is 308 g/mol. The van der Waals surface area contributed by atoms with Gasteiger partial charge in [-0.25, -0.2) is 0 Å². The van der Waals surface area contributed by atoms with Gasteiger partial charge in [0, 0.05) is 32.7 Å². The normalized spacial score (nSPS) is 19.6. The summed E-state index contributed by atoms with van der Waals surface area (Å²) >= 11 is 0. The lowest BCUT2D eigenvalue weighted by Crippen LogP contribution is -2.46. The average molecular weight is 330 g/mol. The number of piperazine rings is 1. The molecule has 1 aromatic carbocycles. The van der Waals surface area contributed by atoms with Crippen LogP contribution in [0.2, 0.25) is 0 Å². The van der Waals surface area contributed by atoms with Crippen LogP contribution in [0.3, 0.4) is 0 Å². The van der Waals surface area contributed by atoms with Crippen molar-refractivity contribution < 1.29 is 14.0 Å². The summed E-state index contributed by atoms with van der Waals surface area (Å²) in [5.74, 6) is 3.09. The monoisotopic (exact) mass is 330 g/mol. The molecule has 0 amide bonds. The van der Waals surface area contributed by atoms with E-state index in [0.717, 1.165) is 44.2 Å². The van der Waals surface area contributed by atoms with E-state index in [1.54, 1.807) is 0 Å². The second-order valence-corrected chi connectivity index (χ2v) is 6.36. The molecule has 128 valence electrons. The molecule has 2 aliphatic heterocycles. The van der Waals surface area contributed by atoms with Crippen LogP contribution in [-0.2, 0) is 6.54 Å². The van der Waals surface area contributed by atoms with Crippen LogP contribution >= 0.6 is 0 Å².